The Labute approximate surface area is 110 Å². The fraction of sp³-hybridized carbons (Fsp3) is 0.583. The quantitative estimate of drug-likeness (QED) is 0.670. The maximum Gasteiger partial charge on any atom is 0.156 e. The summed E-state index contributed by atoms with van der Waals surface area (Å²) in [7, 11) is 0. The van der Waals surface area contributed by atoms with Crippen LogP contribution in [0, 0.1) is 6.92 Å². The van der Waals surface area contributed by atoms with Crippen LogP contribution in [0.3, 0.4) is 0 Å². The molecule has 2 bridgehead atoms. The lowest BCUT2D eigenvalue weighted by Crippen LogP contribution is -2.31. The first-order chi connectivity index (χ1) is 8.67. The average Bonchev–Trinajstić information content (AvgIpc) is 2.90. The van der Waals surface area contributed by atoms with Crippen LogP contribution < -0.4 is 5.32 Å². The number of aldehydes is 1. The van der Waals surface area contributed by atoms with E-state index >= 15 is 0 Å². The third-order valence-electron chi connectivity index (χ3n) is 3.56. The van der Waals surface area contributed by atoms with Crippen LogP contribution >= 0.6 is 11.6 Å². The minimum atomic E-state index is 0.198. The molecule has 0 aliphatic carbocycles. The number of hydrogen-bond donors (Lipinski definition) is 1. The molecule has 1 aromatic rings. The summed E-state index contributed by atoms with van der Waals surface area (Å²) in [5.41, 5.74) is 0.324. The first-order valence-electron chi connectivity index (χ1n) is 6.08. The molecule has 0 saturated carbocycles. The van der Waals surface area contributed by atoms with Crippen LogP contribution in [0.25, 0.3) is 0 Å². The summed E-state index contributed by atoms with van der Waals surface area (Å²) >= 11 is 5.95. The van der Waals surface area contributed by atoms with Crippen LogP contribution in [0.1, 0.15) is 35.4 Å². The van der Waals surface area contributed by atoms with Crippen LogP contribution in [0.4, 0.5) is 5.82 Å². The molecule has 6 heteroatoms. The number of aromatic nitrogens is 2. The molecule has 0 aromatic carbocycles. The second kappa shape index (κ2) is 4.48. The van der Waals surface area contributed by atoms with Crippen molar-refractivity contribution < 1.29 is 9.53 Å². The lowest BCUT2D eigenvalue weighted by atomic mass is 9.95. The average molecular weight is 268 g/mol. The van der Waals surface area contributed by atoms with E-state index in [0.717, 1.165) is 19.3 Å². The van der Waals surface area contributed by atoms with Crippen molar-refractivity contribution in [1.82, 2.24) is 9.97 Å². The number of nitrogens with one attached hydrogen (secondary N) is 1. The summed E-state index contributed by atoms with van der Waals surface area (Å²) in [5, 5.41) is 3.48. The number of ether oxygens (including phenoxy) is 1. The van der Waals surface area contributed by atoms with E-state index in [0.29, 0.717) is 29.6 Å². The van der Waals surface area contributed by atoms with E-state index < -0.39 is 0 Å². The van der Waals surface area contributed by atoms with E-state index in [-0.39, 0.29) is 17.3 Å². The van der Waals surface area contributed by atoms with Crippen LogP contribution in [-0.4, -0.2) is 34.5 Å². The minimum absolute atomic E-state index is 0.198. The molecule has 1 aromatic heterocycles. The maximum absolute atomic E-state index is 11.1. The van der Waals surface area contributed by atoms with Crippen molar-refractivity contribution in [2.45, 2.75) is 44.4 Å². The van der Waals surface area contributed by atoms with Gasteiger partial charge in [0.25, 0.3) is 0 Å². The van der Waals surface area contributed by atoms with Gasteiger partial charge in [0, 0.05) is 0 Å². The molecule has 2 aliphatic rings. The van der Waals surface area contributed by atoms with E-state index in [1.807, 2.05) is 0 Å². The monoisotopic (exact) mass is 267 g/mol. The van der Waals surface area contributed by atoms with Gasteiger partial charge in [-0.1, -0.05) is 11.6 Å². The Hall–Kier alpha value is -1.20. The number of carbonyl (C=O) groups is 1. The number of halogens is 1. The van der Waals surface area contributed by atoms with Gasteiger partial charge in [0.2, 0.25) is 0 Å². The maximum atomic E-state index is 11.1. The van der Waals surface area contributed by atoms with Crippen molar-refractivity contribution >= 4 is 23.7 Å². The van der Waals surface area contributed by atoms with Gasteiger partial charge in [0.1, 0.15) is 16.8 Å². The Bertz CT molecular complexity index is 494. The highest BCUT2D eigenvalue weighted by Crippen LogP contribution is 2.36. The van der Waals surface area contributed by atoms with Gasteiger partial charge >= 0.3 is 0 Å². The molecule has 3 unspecified atom stereocenters. The van der Waals surface area contributed by atoms with Crippen LogP contribution in [-0.2, 0) is 4.74 Å². The number of hydrogen-bond acceptors (Lipinski definition) is 5. The number of carbonyl (C=O) groups excluding carboxylic acids is 1. The molecule has 2 aliphatic heterocycles. The van der Waals surface area contributed by atoms with E-state index in [9.17, 15) is 4.79 Å². The molecule has 1 N–H and O–H groups in total. The topological polar surface area (TPSA) is 64.1 Å². The number of nitrogens with zero attached hydrogens (tertiary/aromatic N) is 2. The Morgan fingerprint density at radius 2 is 2.28 bits per heavy atom. The Kier molecular flexibility index (Phi) is 2.95. The van der Waals surface area contributed by atoms with Crippen molar-refractivity contribution in [3.8, 4) is 0 Å². The molecule has 2 fully saturated rings. The predicted octanol–water partition coefficient (Wildman–Crippen LogP) is 1.98. The van der Waals surface area contributed by atoms with E-state index in [1.165, 1.54) is 0 Å². The second-order valence-corrected chi connectivity index (χ2v) is 5.16. The van der Waals surface area contributed by atoms with E-state index in [1.54, 1.807) is 6.92 Å². The molecule has 3 heterocycles. The Morgan fingerprint density at radius 1 is 1.44 bits per heavy atom. The molecule has 0 amide bonds. The van der Waals surface area contributed by atoms with Crippen molar-refractivity contribution in [2.75, 3.05) is 5.32 Å². The SMILES string of the molecule is Cc1nc(Cl)c(C=O)c(NC2CC3CCC2O3)n1. The third kappa shape index (κ3) is 1.97. The molecular weight excluding hydrogens is 254 g/mol. The summed E-state index contributed by atoms with van der Waals surface area (Å²) < 4.78 is 5.76. The molecule has 3 atom stereocenters. The number of aryl methyl sites for hydroxylation is 1. The Morgan fingerprint density at radius 3 is 2.89 bits per heavy atom. The van der Waals surface area contributed by atoms with Gasteiger partial charge in [-0.2, -0.15) is 0 Å². The zero-order valence-corrected chi connectivity index (χ0v) is 10.8. The molecule has 18 heavy (non-hydrogen) atoms. The van der Waals surface area contributed by atoms with Gasteiger partial charge in [-0.3, -0.25) is 4.79 Å². The smallest absolute Gasteiger partial charge is 0.156 e. The van der Waals surface area contributed by atoms with Crippen molar-refractivity contribution in [1.29, 1.82) is 0 Å². The van der Waals surface area contributed by atoms with Crippen molar-refractivity contribution in [3.05, 3.63) is 16.5 Å². The van der Waals surface area contributed by atoms with Crippen LogP contribution in [0.2, 0.25) is 5.15 Å². The molecule has 2 saturated heterocycles. The first-order valence-corrected chi connectivity index (χ1v) is 6.46. The fourth-order valence-corrected chi connectivity index (χ4v) is 2.98. The second-order valence-electron chi connectivity index (χ2n) is 4.80. The highest BCUT2D eigenvalue weighted by Gasteiger charge is 2.41. The minimum Gasteiger partial charge on any atom is -0.373 e. The largest absolute Gasteiger partial charge is 0.373 e. The lowest BCUT2D eigenvalue weighted by Gasteiger charge is -2.21. The highest BCUT2D eigenvalue weighted by molar-refractivity contribution is 6.32. The van der Waals surface area contributed by atoms with Gasteiger partial charge in [0.05, 0.1) is 23.8 Å². The predicted molar refractivity (Wildman–Crippen MR) is 67.1 cm³/mol. The van der Waals surface area contributed by atoms with Crippen LogP contribution in [0.15, 0.2) is 0 Å². The van der Waals surface area contributed by atoms with Gasteiger partial charge in [-0.05, 0) is 26.2 Å². The Balaban J connectivity index is 1.86. The normalized spacial score (nSPS) is 29.6. The van der Waals surface area contributed by atoms with Crippen LogP contribution in [0.5, 0.6) is 0 Å². The van der Waals surface area contributed by atoms with Gasteiger partial charge in [-0.15, -0.1) is 0 Å². The van der Waals surface area contributed by atoms with Gasteiger partial charge in [-0.25, -0.2) is 9.97 Å². The van der Waals surface area contributed by atoms with Gasteiger partial charge < -0.3 is 10.1 Å². The summed E-state index contributed by atoms with van der Waals surface area (Å²) in [6.45, 7) is 1.75. The zero-order valence-electron chi connectivity index (χ0n) is 10.0. The van der Waals surface area contributed by atoms with Gasteiger partial charge in [0.15, 0.2) is 6.29 Å². The van der Waals surface area contributed by atoms with E-state index in [2.05, 4.69) is 15.3 Å². The van der Waals surface area contributed by atoms with Crippen molar-refractivity contribution in [3.63, 3.8) is 0 Å². The molecule has 96 valence electrons. The summed E-state index contributed by atoms with van der Waals surface area (Å²) in [5.74, 6) is 1.07. The summed E-state index contributed by atoms with van der Waals surface area (Å²) in [6.07, 6.45) is 4.43. The number of fused-ring (bicyclic) bond motifs is 2. The molecular formula is C12H14ClN3O2. The first kappa shape index (κ1) is 11.9. The van der Waals surface area contributed by atoms with Crippen molar-refractivity contribution in [2.24, 2.45) is 0 Å². The summed E-state index contributed by atoms with van der Waals surface area (Å²) in [4.78, 5) is 19.3. The molecule has 5 nitrogen and oxygen atoms in total. The highest BCUT2D eigenvalue weighted by atomic mass is 35.5. The number of anilines is 1. The third-order valence-corrected chi connectivity index (χ3v) is 3.85. The van der Waals surface area contributed by atoms with E-state index in [4.69, 9.17) is 16.3 Å². The zero-order chi connectivity index (χ0) is 12.7. The lowest BCUT2D eigenvalue weighted by molar-refractivity contribution is 0.102. The summed E-state index contributed by atoms with van der Waals surface area (Å²) in [6, 6.07) is 0.216. The molecule has 0 spiro atoms. The number of rotatable bonds is 3. The molecule has 0 radical (unpaired) electrons. The fourth-order valence-electron chi connectivity index (χ4n) is 2.73. The standard InChI is InChI=1S/C12H14ClN3O2/c1-6-14-11(13)8(5-17)12(15-6)16-9-4-7-2-3-10(9)18-7/h5,7,9-10H,2-4H2,1H3,(H,14,15,16). The molecule has 3 rings (SSSR count).